The van der Waals surface area contributed by atoms with Gasteiger partial charge in [0.05, 0.1) is 12.7 Å². The van der Waals surface area contributed by atoms with Gasteiger partial charge in [0.15, 0.2) is 5.78 Å². The SMILES string of the molecule is COc1ccc(C=C2C(=O)C(c3ccccc3)N(c3ccccc3)C2=O)cc1. The van der Waals surface area contributed by atoms with Gasteiger partial charge < -0.3 is 4.74 Å². The second kappa shape index (κ2) is 7.53. The van der Waals surface area contributed by atoms with Gasteiger partial charge in [-0.15, -0.1) is 0 Å². The molecule has 3 aromatic rings. The number of amides is 1. The molecule has 0 spiro atoms. The highest BCUT2D eigenvalue weighted by Crippen LogP contribution is 2.37. The normalized spacial score (nSPS) is 18.0. The van der Waals surface area contributed by atoms with Crippen LogP contribution >= 0.6 is 0 Å². The van der Waals surface area contributed by atoms with Crippen LogP contribution in [0.1, 0.15) is 17.2 Å². The Morgan fingerprint density at radius 1 is 0.821 bits per heavy atom. The summed E-state index contributed by atoms with van der Waals surface area (Å²) in [5.74, 6) is 0.232. The zero-order valence-corrected chi connectivity index (χ0v) is 15.4. The first-order valence-corrected chi connectivity index (χ1v) is 9.02. The first kappa shape index (κ1) is 17.7. The lowest BCUT2D eigenvalue weighted by atomic mass is 10.00. The number of carbonyl (C=O) groups excluding carboxylic acids is 2. The van der Waals surface area contributed by atoms with Gasteiger partial charge in [-0.25, -0.2) is 0 Å². The third-order valence-corrected chi connectivity index (χ3v) is 4.80. The molecule has 1 fully saturated rings. The summed E-state index contributed by atoms with van der Waals surface area (Å²) in [6, 6.07) is 25.3. The Morgan fingerprint density at radius 2 is 1.43 bits per heavy atom. The number of hydrogen-bond donors (Lipinski definition) is 0. The first-order valence-electron chi connectivity index (χ1n) is 9.02. The van der Waals surface area contributed by atoms with Crippen molar-refractivity contribution >= 4 is 23.5 Å². The van der Waals surface area contributed by atoms with Crippen molar-refractivity contribution in [1.82, 2.24) is 0 Å². The van der Waals surface area contributed by atoms with E-state index in [1.54, 1.807) is 30.2 Å². The average molecular weight is 369 g/mol. The third-order valence-electron chi connectivity index (χ3n) is 4.80. The number of para-hydroxylation sites is 1. The molecule has 4 nitrogen and oxygen atoms in total. The number of methoxy groups -OCH3 is 1. The van der Waals surface area contributed by atoms with Crippen LogP contribution in [0.2, 0.25) is 0 Å². The van der Waals surface area contributed by atoms with E-state index in [9.17, 15) is 9.59 Å². The molecule has 0 aromatic heterocycles. The Bertz CT molecular complexity index is 965. The number of nitrogens with zero attached hydrogens (tertiary/aromatic N) is 1. The van der Waals surface area contributed by atoms with Gasteiger partial charge >= 0.3 is 0 Å². The van der Waals surface area contributed by atoms with Crippen LogP contribution in [0.15, 0.2) is 90.5 Å². The highest BCUT2D eigenvalue weighted by molar-refractivity contribution is 6.35. The molecule has 1 heterocycles. The maximum atomic E-state index is 13.3. The zero-order valence-electron chi connectivity index (χ0n) is 15.4. The lowest BCUT2D eigenvalue weighted by molar-refractivity contribution is -0.116. The van der Waals surface area contributed by atoms with Crippen LogP contribution in [0.3, 0.4) is 0 Å². The van der Waals surface area contributed by atoms with E-state index in [0.717, 1.165) is 16.9 Å². The fourth-order valence-corrected chi connectivity index (χ4v) is 3.41. The molecule has 1 amide bonds. The summed E-state index contributed by atoms with van der Waals surface area (Å²) in [5.41, 5.74) is 2.46. The Labute approximate surface area is 163 Å². The maximum Gasteiger partial charge on any atom is 0.262 e. The van der Waals surface area contributed by atoms with Gasteiger partial charge in [-0.2, -0.15) is 0 Å². The molecule has 1 aliphatic heterocycles. The van der Waals surface area contributed by atoms with E-state index in [4.69, 9.17) is 4.74 Å². The number of benzene rings is 3. The van der Waals surface area contributed by atoms with Crippen LogP contribution in [-0.2, 0) is 9.59 Å². The Balaban J connectivity index is 1.80. The molecular weight excluding hydrogens is 350 g/mol. The molecule has 1 unspecified atom stereocenters. The third kappa shape index (κ3) is 3.21. The van der Waals surface area contributed by atoms with Crippen molar-refractivity contribution in [2.45, 2.75) is 6.04 Å². The quantitative estimate of drug-likeness (QED) is 0.505. The smallest absolute Gasteiger partial charge is 0.262 e. The molecule has 0 saturated carbocycles. The van der Waals surface area contributed by atoms with E-state index in [2.05, 4.69) is 0 Å². The highest BCUT2D eigenvalue weighted by atomic mass is 16.5. The van der Waals surface area contributed by atoms with Crippen molar-refractivity contribution in [3.8, 4) is 5.75 Å². The number of carbonyl (C=O) groups is 2. The largest absolute Gasteiger partial charge is 0.497 e. The zero-order chi connectivity index (χ0) is 19.5. The fraction of sp³-hybridized carbons (Fsp3) is 0.0833. The van der Waals surface area contributed by atoms with Gasteiger partial charge in [0.2, 0.25) is 0 Å². The molecule has 1 atom stereocenters. The molecule has 1 aliphatic rings. The van der Waals surface area contributed by atoms with Crippen molar-refractivity contribution in [2.75, 3.05) is 12.0 Å². The molecule has 1 saturated heterocycles. The standard InChI is InChI=1S/C24H19NO3/c1-28-20-14-12-17(13-15-20)16-21-23(26)22(18-8-4-2-5-9-18)25(24(21)27)19-10-6-3-7-11-19/h2-16,22H,1H3. The van der Waals surface area contributed by atoms with Gasteiger partial charge in [0.25, 0.3) is 5.91 Å². The van der Waals surface area contributed by atoms with Gasteiger partial charge in [0, 0.05) is 5.69 Å². The van der Waals surface area contributed by atoms with Crippen LogP contribution in [-0.4, -0.2) is 18.8 Å². The van der Waals surface area contributed by atoms with Crippen molar-refractivity contribution in [1.29, 1.82) is 0 Å². The van der Waals surface area contributed by atoms with E-state index in [0.29, 0.717) is 5.69 Å². The molecule has 3 aromatic carbocycles. The van der Waals surface area contributed by atoms with E-state index < -0.39 is 6.04 Å². The Kier molecular flexibility index (Phi) is 4.77. The summed E-state index contributed by atoms with van der Waals surface area (Å²) in [7, 11) is 1.60. The van der Waals surface area contributed by atoms with Crippen LogP contribution in [0.25, 0.3) is 6.08 Å². The van der Waals surface area contributed by atoms with Gasteiger partial charge in [-0.3, -0.25) is 14.5 Å². The first-order chi connectivity index (χ1) is 13.7. The summed E-state index contributed by atoms with van der Waals surface area (Å²) in [5, 5.41) is 0. The molecule has 138 valence electrons. The van der Waals surface area contributed by atoms with Crippen molar-refractivity contribution < 1.29 is 14.3 Å². The molecule has 0 N–H and O–H groups in total. The number of hydrogen-bond acceptors (Lipinski definition) is 3. The summed E-state index contributed by atoms with van der Waals surface area (Å²) in [6.45, 7) is 0. The summed E-state index contributed by atoms with van der Waals surface area (Å²) < 4.78 is 5.17. The highest BCUT2D eigenvalue weighted by Gasteiger charge is 2.44. The van der Waals surface area contributed by atoms with Gasteiger partial charge in [-0.1, -0.05) is 60.7 Å². The number of rotatable bonds is 4. The molecular formula is C24H19NO3. The van der Waals surface area contributed by atoms with Crippen molar-refractivity contribution in [2.24, 2.45) is 0 Å². The Hall–Kier alpha value is -3.66. The maximum absolute atomic E-state index is 13.3. The summed E-state index contributed by atoms with van der Waals surface area (Å²) in [6.07, 6.45) is 1.66. The van der Waals surface area contributed by atoms with E-state index in [1.165, 1.54) is 0 Å². The lowest BCUT2D eigenvalue weighted by Crippen LogP contribution is -2.28. The van der Waals surface area contributed by atoms with Crippen LogP contribution in [0.5, 0.6) is 5.75 Å². The molecule has 0 bridgehead atoms. The monoisotopic (exact) mass is 369 g/mol. The van der Waals surface area contributed by atoms with E-state index in [-0.39, 0.29) is 17.3 Å². The average Bonchev–Trinajstić information content (AvgIpc) is 3.00. The minimum absolute atomic E-state index is 0.183. The molecule has 4 heteroatoms. The van der Waals surface area contributed by atoms with Crippen LogP contribution in [0.4, 0.5) is 5.69 Å². The van der Waals surface area contributed by atoms with Gasteiger partial charge in [-0.05, 0) is 41.5 Å². The van der Waals surface area contributed by atoms with Crippen LogP contribution in [0, 0.1) is 0 Å². The topological polar surface area (TPSA) is 46.6 Å². The minimum Gasteiger partial charge on any atom is -0.497 e. The molecule has 28 heavy (non-hydrogen) atoms. The predicted molar refractivity (Wildman–Crippen MR) is 109 cm³/mol. The van der Waals surface area contributed by atoms with Crippen molar-refractivity contribution in [3.05, 3.63) is 102 Å². The Morgan fingerprint density at radius 3 is 2.04 bits per heavy atom. The molecule has 4 rings (SSSR count). The number of anilines is 1. The number of Topliss-reactive ketones (excluding diaryl/α,β-unsaturated/α-hetero) is 1. The number of ketones is 1. The van der Waals surface area contributed by atoms with E-state index in [1.807, 2.05) is 72.8 Å². The summed E-state index contributed by atoms with van der Waals surface area (Å²) in [4.78, 5) is 28.1. The van der Waals surface area contributed by atoms with Crippen molar-refractivity contribution in [3.63, 3.8) is 0 Å². The minimum atomic E-state index is -0.666. The van der Waals surface area contributed by atoms with Crippen LogP contribution < -0.4 is 9.64 Å². The second-order valence-corrected chi connectivity index (χ2v) is 6.52. The number of ether oxygens (including phenoxy) is 1. The summed E-state index contributed by atoms with van der Waals surface area (Å²) >= 11 is 0. The fourth-order valence-electron chi connectivity index (χ4n) is 3.41. The van der Waals surface area contributed by atoms with E-state index >= 15 is 0 Å². The predicted octanol–water partition coefficient (Wildman–Crippen LogP) is 4.44. The second-order valence-electron chi connectivity index (χ2n) is 6.52. The van der Waals surface area contributed by atoms with Gasteiger partial charge in [0.1, 0.15) is 11.8 Å². The molecule has 0 aliphatic carbocycles. The molecule has 0 radical (unpaired) electrons. The lowest BCUT2D eigenvalue weighted by Gasteiger charge is -2.23.